The summed E-state index contributed by atoms with van der Waals surface area (Å²) in [5.74, 6) is 1.65. The zero-order valence-electron chi connectivity index (χ0n) is 7.38. The minimum atomic E-state index is 0.252. The fourth-order valence-electron chi connectivity index (χ4n) is 0.961. The molecular weight excluding hydrogens is 182 g/mol. The summed E-state index contributed by atoms with van der Waals surface area (Å²) >= 11 is 0. The van der Waals surface area contributed by atoms with Gasteiger partial charge in [-0.2, -0.15) is 4.98 Å². The van der Waals surface area contributed by atoms with Crippen LogP contribution in [0.1, 0.15) is 17.5 Å². The van der Waals surface area contributed by atoms with E-state index in [-0.39, 0.29) is 6.54 Å². The molecule has 0 bridgehead atoms. The molecule has 2 aromatic rings. The molecule has 0 amide bonds. The molecule has 0 aliphatic carbocycles. The lowest BCUT2D eigenvalue weighted by Crippen LogP contribution is -1.95. The highest BCUT2D eigenvalue weighted by molar-refractivity contribution is 5.63. The maximum atomic E-state index is 5.32. The zero-order valence-corrected chi connectivity index (χ0v) is 7.38. The lowest BCUT2D eigenvalue weighted by atomic mass is 10.4. The second-order valence-electron chi connectivity index (χ2n) is 2.60. The summed E-state index contributed by atoms with van der Waals surface area (Å²) in [7, 11) is 0. The number of aromatic nitrogens is 2. The first kappa shape index (κ1) is 8.71. The molecule has 2 rings (SSSR count). The van der Waals surface area contributed by atoms with Crippen molar-refractivity contribution in [3.63, 3.8) is 0 Å². The molecule has 2 aromatic heterocycles. The van der Waals surface area contributed by atoms with Crippen LogP contribution in [0.2, 0.25) is 0 Å². The van der Waals surface area contributed by atoms with Crippen LogP contribution in [0, 0.1) is 0 Å². The van der Waals surface area contributed by atoms with Crippen molar-refractivity contribution >= 4 is 12.2 Å². The predicted octanol–water partition coefficient (Wildman–Crippen LogP) is 1.29. The number of rotatable bonds is 3. The molecule has 0 radical (unpaired) electrons. The molecule has 0 atom stereocenters. The largest absolute Gasteiger partial charge is 0.465 e. The van der Waals surface area contributed by atoms with Crippen LogP contribution in [0.4, 0.5) is 0 Å². The van der Waals surface area contributed by atoms with E-state index in [1.807, 2.05) is 6.07 Å². The van der Waals surface area contributed by atoms with Crippen LogP contribution in [0.3, 0.4) is 0 Å². The molecular formula is C9H9N3O2. The number of hydrogen-bond donors (Lipinski definition) is 1. The molecule has 0 saturated carbocycles. The van der Waals surface area contributed by atoms with Gasteiger partial charge in [-0.3, -0.25) is 0 Å². The standard InChI is InChI=1S/C9H9N3O2/c10-6-9-11-8(12-14-9)4-3-7-2-1-5-13-7/h1-5H,6,10H2/b4-3+. The van der Waals surface area contributed by atoms with Gasteiger partial charge in [0.25, 0.3) is 0 Å². The van der Waals surface area contributed by atoms with Crippen molar-refractivity contribution in [1.82, 2.24) is 10.1 Å². The smallest absolute Gasteiger partial charge is 0.240 e. The fourth-order valence-corrected chi connectivity index (χ4v) is 0.961. The Morgan fingerprint density at radius 1 is 1.43 bits per heavy atom. The van der Waals surface area contributed by atoms with Gasteiger partial charge in [0, 0.05) is 0 Å². The number of hydrogen-bond acceptors (Lipinski definition) is 5. The molecule has 5 heteroatoms. The van der Waals surface area contributed by atoms with Crippen molar-refractivity contribution < 1.29 is 8.94 Å². The van der Waals surface area contributed by atoms with Gasteiger partial charge in [0.05, 0.1) is 12.8 Å². The van der Waals surface area contributed by atoms with Crippen LogP contribution in [0.15, 0.2) is 27.3 Å². The fraction of sp³-hybridized carbons (Fsp3) is 0.111. The van der Waals surface area contributed by atoms with E-state index in [4.69, 9.17) is 14.7 Å². The molecule has 0 fully saturated rings. The van der Waals surface area contributed by atoms with Gasteiger partial charge in [0.2, 0.25) is 5.89 Å². The third-order valence-electron chi connectivity index (χ3n) is 1.60. The third-order valence-corrected chi connectivity index (χ3v) is 1.60. The molecule has 2 N–H and O–H groups in total. The molecule has 0 saturated heterocycles. The summed E-state index contributed by atoms with van der Waals surface area (Å²) in [6, 6.07) is 3.64. The Labute approximate surface area is 80.2 Å². The molecule has 0 aromatic carbocycles. The second-order valence-corrected chi connectivity index (χ2v) is 2.60. The van der Waals surface area contributed by atoms with Crippen LogP contribution in [0.5, 0.6) is 0 Å². The highest BCUT2D eigenvalue weighted by Crippen LogP contribution is 2.06. The molecule has 0 aliphatic heterocycles. The summed E-state index contributed by atoms with van der Waals surface area (Å²) < 4.78 is 9.91. The average Bonchev–Trinajstić information content (AvgIpc) is 2.86. The molecule has 14 heavy (non-hydrogen) atoms. The quantitative estimate of drug-likeness (QED) is 0.790. The van der Waals surface area contributed by atoms with Crippen molar-refractivity contribution in [2.45, 2.75) is 6.54 Å². The van der Waals surface area contributed by atoms with E-state index >= 15 is 0 Å². The Morgan fingerprint density at radius 3 is 3.00 bits per heavy atom. The van der Waals surface area contributed by atoms with Crippen molar-refractivity contribution in [2.24, 2.45) is 5.73 Å². The van der Waals surface area contributed by atoms with E-state index in [1.54, 1.807) is 24.5 Å². The maximum Gasteiger partial charge on any atom is 0.240 e. The highest BCUT2D eigenvalue weighted by atomic mass is 16.5. The zero-order chi connectivity index (χ0) is 9.80. The van der Waals surface area contributed by atoms with Gasteiger partial charge < -0.3 is 14.7 Å². The van der Waals surface area contributed by atoms with Gasteiger partial charge in [-0.1, -0.05) is 5.16 Å². The Balaban J connectivity index is 2.10. The van der Waals surface area contributed by atoms with Crippen molar-refractivity contribution in [3.8, 4) is 0 Å². The minimum Gasteiger partial charge on any atom is -0.465 e. The Morgan fingerprint density at radius 2 is 2.36 bits per heavy atom. The highest BCUT2D eigenvalue weighted by Gasteiger charge is 1.99. The monoisotopic (exact) mass is 191 g/mol. The first-order chi connectivity index (χ1) is 6.88. The lowest BCUT2D eigenvalue weighted by Gasteiger charge is -1.80. The normalized spacial score (nSPS) is 11.2. The molecule has 2 heterocycles. The number of nitrogens with two attached hydrogens (primary N) is 1. The summed E-state index contributed by atoms with van der Waals surface area (Å²) in [5, 5.41) is 3.69. The first-order valence-electron chi connectivity index (χ1n) is 4.13. The van der Waals surface area contributed by atoms with E-state index < -0.39 is 0 Å². The first-order valence-corrected chi connectivity index (χ1v) is 4.13. The second kappa shape index (κ2) is 3.89. The molecule has 0 spiro atoms. The van der Waals surface area contributed by atoms with Gasteiger partial charge in [-0.25, -0.2) is 0 Å². The van der Waals surface area contributed by atoms with Crippen LogP contribution in [0.25, 0.3) is 12.2 Å². The van der Waals surface area contributed by atoms with E-state index in [0.717, 1.165) is 5.76 Å². The van der Waals surface area contributed by atoms with Gasteiger partial charge in [0.15, 0.2) is 5.82 Å². The Kier molecular flexibility index (Phi) is 2.42. The van der Waals surface area contributed by atoms with Crippen LogP contribution in [-0.2, 0) is 6.54 Å². The Bertz CT molecular complexity index is 417. The van der Waals surface area contributed by atoms with Gasteiger partial charge in [-0.05, 0) is 24.3 Å². The van der Waals surface area contributed by atoms with E-state index in [2.05, 4.69) is 10.1 Å². The van der Waals surface area contributed by atoms with E-state index in [0.29, 0.717) is 11.7 Å². The third kappa shape index (κ3) is 1.89. The van der Waals surface area contributed by atoms with Crippen molar-refractivity contribution in [3.05, 3.63) is 35.9 Å². The summed E-state index contributed by atoms with van der Waals surface area (Å²) in [6.07, 6.45) is 5.05. The number of nitrogens with zero attached hydrogens (tertiary/aromatic N) is 2. The number of furan rings is 1. The van der Waals surface area contributed by atoms with Gasteiger partial charge in [0.1, 0.15) is 5.76 Å². The van der Waals surface area contributed by atoms with Crippen LogP contribution >= 0.6 is 0 Å². The van der Waals surface area contributed by atoms with Crippen LogP contribution < -0.4 is 5.73 Å². The van der Waals surface area contributed by atoms with Gasteiger partial charge >= 0.3 is 0 Å². The summed E-state index contributed by atoms with van der Waals surface area (Å²) in [6.45, 7) is 0.252. The molecule has 0 unspecified atom stereocenters. The van der Waals surface area contributed by atoms with E-state index in [1.165, 1.54) is 0 Å². The molecule has 0 aliphatic rings. The SMILES string of the molecule is NCc1nc(/C=C/c2ccco2)no1. The molecule has 5 nitrogen and oxygen atoms in total. The molecule has 72 valence electrons. The lowest BCUT2D eigenvalue weighted by molar-refractivity contribution is 0.378. The maximum absolute atomic E-state index is 5.32. The van der Waals surface area contributed by atoms with Gasteiger partial charge in [-0.15, -0.1) is 0 Å². The predicted molar refractivity (Wildman–Crippen MR) is 49.8 cm³/mol. The van der Waals surface area contributed by atoms with Crippen molar-refractivity contribution in [2.75, 3.05) is 0 Å². The summed E-state index contributed by atoms with van der Waals surface area (Å²) in [4.78, 5) is 4.00. The van der Waals surface area contributed by atoms with Crippen LogP contribution in [-0.4, -0.2) is 10.1 Å². The average molecular weight is 191 g/mol. The van der Waals surface area contributed by atoms with E-state index in [9.17, 15) is 0 Å². The van der Waals surface area contributed by atoms with Crippen molar-refractivity contribution in [1.29, 1.82) is 0 Å². The minimum absolute atomic E-state index is 0.252. The Hall–Kier alpha value is -1.88. The topological polar surface area (TPSA) is 78.1 Å². The summed E-state index contributed by atoms with van der Waals surface area (Å²) in [5.41, 5.74) is 5.32.